The number of hydrogen-bond donors (Lipinski definition) is 1. The second-order valence-electron chi connectivity index (χ2n) is 5.81. The SMILES string of the molecule is COc1cccc(C(C)CCNc2cnc3ccccc3c2)c1. The summed E-state index contributed by atoms with van der Waals surface area (Å²) in [7, 11) is 1.71. The molecule has 1 N–H and O–H groups in total. The maximum Gasteiger partial charge on any atom is 0.119 e. The number of hydrogen-bond acceptors (Lipinski definition) is 3. The quantitative estimate of drug-likeness (QED) is 0.707. The summed E-state index contributed by atoms with van der Waals surface area (Å²) in [6, 6.07) is 18.6. The number of rotatable bonds is 6. The van der Waals surface area contributed by atoms with Crippen LogP contribution in [0.2, 0.25) is 0 Å². The first-order valence-corrected chi connectivity index (χ1v) is 7.99. The molecule has 23 heavy (non-hydrogen) atoms. The van der Waals surface area contributed by atoms with E-state index in [2.05, 4.69) is 41.5 Å². The van der Waals surface area contributed by atoms with Crippen molar-refractivity contribution in [1.29, 1.82) is 0 Å². The lowest BCUT2D eigenvalue weighted by Crippen LogP contribution is -2.06. The Morgan fingerprint density at radius 1 is 1.09 bits per heavy atom. The molecule has 0 saturated heterocycles. The largest absolute Gasteiger partial charge is 0.497 e. The average Bonchev–Trinajstić information content (AvgIpc) is 2.61. The summed E-state index contributed by atoms with van der Waals surface area (Å²) in [6.45, 7) is 3.16. The molecule has 0 saturated carbocycles. The van der Waals surface area contributed by atoms with E-state index in [9.17, 15) is 0 Å². The second kappa shape index (κ2) is 7.14. The van der Waals surface area contributed by atoms with Gasteiger partial charge in [0.2, 0.25) is 0 Å². The van der Waals surface area contributed by atoms with Crippen molar-refractivity contribution in [2.45, 2.75) is 19.3 Å². The number of benzene rings is 2. The first-order valence-electron chi connectivity index (χ1n) is 7.99. The Balaban J connectivity index is 1.59. The molecule has 3 rings (SSSR count). The third-order valence-corrected chi connectivity index (χ3v) is 4.16. The van der Waals surface area contributed by atoms with Crippen LogP contribution in [0.25, 0.3) is 10.9 Å². The van der Waals surface area contributed by atoms with Crippen molar-refractivity contribution >= 4 is 16.6 Å². The molecule has 118 valence electrons. The van der Waals surface area contributed by atoms with Crippen molar-refractivity contribution in [1.82, 2.24) is 4.98 Å². The van der Waals surface area contributed by atoms with E-state index in [4.69, 9.17) is 4.74 Å². The average molecular weight is 306 g/mol. The standard InChI is InChI=1S/C20H22N2O/c1-15(16-7-5-8-19(13-16)23-2)10-11-21-18-12-17-6-3-4-9-20(17)22-14-18/h3-9,12-15,21H,10-11H2,1-2H3. The highest BCUT2D eigenvalue weighted by Gasteiger charge is 2.06. The Kier molecular flexibility index (Phi) is 4.77. The van der Waals surface area contributed by atoms with E-state index >= 15 is 0 Å². The van der Waals surface area contributed by atoms with Crippen molar-refractivity contribution in [3.05, 3.63) is 66.4 Å². The number of nitrogens with one attached hydrogen (secondary N) is 1. The fourth-order valence-electron chi connectivity index (χ4n) is 2.72. The van der Waals surface area contributed by atoms with Crippen LogP contribution < -0.4 is 10.1 Å². The van der Waals surface area contributed by atoms with Gasteiger partial charge >= 0.3 is 0 Å². The fourth-order valence-corrected chi connectivity index (χ4v) is 2.72. The number of nitrogens with zero attached hydrogens (tertiary/aromatic N) is 1. The van der Waals surface area contributed by atoms with Crippen LogP contribution in [0.5, 0.6) is 5.75 Å². The van der Waals surface area contributed by atoms with Crippen LogP contribution in [0, 0.1) is 0 Å². The predicted molar refractivity (Wildman–Crippen MR) is 96.3 cm³/mol. The number of anilines is 1. The van der Waals surface area contributed by atoms with E-state index in [1.807, 2.05) is 36.5 Å². The van der Waals surface area contributed by atoms with Gasteiger partial charge in [-0.25, -0.2) is 0 Å². The number of ether oxygens (including phenoxy) is 1. The molecule has 0 fully saturated rings. The van der Waals surface area contributed by atoms with Crippen LogP contribution in [-0.4, -0.2) is 18.6 Å². The molecule has 0 aliphatic rings. The zero-order valence-corrected chi connectivity index (χ0v) is 13.6. The van der Waals surface area contributed by atoms with Crippen LogP contribution in [0.15, 0.2) is 60.8 Å². The van der Waals surface area contributed by atoms with Crippen molar-refractivity contribution in [3.63, 3.8) is 0 Å². The molecule has 1 heterocycles. The van der Waals surface area contributed by atoms with Gasteiger partial charge in [-0.2, -0.15) is 0 Å². The van der Waals surface area contributed by atoms with Crippen LogP contribution in [0.4, 0.5) is 5.69 Å². The van der Waals surface area contributed by atoms with E-state index in [1.165, 1.54) is 10.9 Å². The third-order valence-electron chi connectivity index (χ3n) is 4.16. The Labute approximate surface area is 137 Å². The lowest BCUT2D eigenvalue weighted by atomic mass is 9.97. The highest BCUT2D eigenvalue weighted by atomic mass is 16.5. The van der Waals surface area contributed by atoms with Gasteiger partial charge in [0.25, 0.3) is 0 Å². The van der Waals surface area contributed by atoms with Crippen LogP contribution in [0.1, 0.15) is 24.8 Å². The summed E-state index contributed by atoms with van der Waals surface area (Å²) < 4.78 is 5.30. The smallest absolute Gasteiger partial charge is 0.119 e. The Hall–Kier alpha value is -2.55. The predicted octanol–water partition coefficient (Wildman–Crippen LogP) is 4.85. The highest BCUT2D eigenvalue weighted by Crippen LogP contribution is 2.23. The highest BCUT2D eigenvalue weighted by molar-refractivity contribution is 5.81. The topological polar surface area (TPSA) is 34.1 Å². The van der Waals surface area contributed by atoms with Crippen molar-refractivity contribution in [2.75, 3.05) is 19.0 Å². The van der Waals surface area contributed by atoms with Crippen molar-refractivity contribution < 1.29 is 4.74 Å². The molecule has 2 aromatic carbocycles. The Morgan fingerprint density at radius 3 is 2.83 bits per heavy atom. The number of fused-ring (bicyclic) bond motifs is 1. The molecular weight excluding hydrogens is 284 g/mol. The molecule has 0 spiro atoms. The van der Waals surface area contributed by atoms with Crippen molar-refractivity contribution in [2.24, 2.45) is 0 Å². The van der Waals surface area contributed by atoms with E-state index in [0.717, 1.165) is 29.9 Å². The van der Waals surface area contributed by atoms with Crippen LogP contribution in [-0.2, 0) is 0 Å². The minimum atomic E-state index is 0.478. The van der Waals surface area contributed by atoms with Gasteiger partial charge in [0.15, 0.2) is 0 Å². The van der Waals surface area contributed by atoms with Crippen LogP contribution in [0.3, 0.4) is 0 Å². The van der Waals surface area contributed by atoms with Crippen molar-refractivity contribution in [3.8, 4) is 5.75 Å². The number of methoxy groups -OCH3 is 1. The van der Waals surface area contributed by atoms with Gasteiger partial charge in [0, 0.05) is 11.9 Å². The molecular formula is C20H22N2O. The second-order valence-corrected chi connectivity index (χ2v) is 5.81. The first kappa shape index (κ1) is 15.3. The summed E-state index contributed by atoms with van der Waals surface area (Å²) in [5.41, 5.74) is 3.41. The molecule has 0 aliphatic carbocycles. The monoisotopic (exact) mass is 306 g/mol. The van der Waals surface area contributed by atoms with E-state index in [0.29, 0.717) is 5.92 Å². The van der Waals surface area contributed by atoms with E-state index < -0.39 is 0 Å². The molecule has 3 nitrogen and oxygen atoms in total. The molecule has 0 radical (unpaired) electrons. The van der Waals surface area contributed by atoms with Crippen LogP contribution >= 0.6 is 0 Å². The summed E-state index contributed by atoms with van der Waals surface area (Å²) in [4.78, 5) is 4.48. The van der Waals surface area contributed by atoms with E-state index in [-0.39, 0.29) is 0 Å². The maximum absolute atomic E-state index is 5.30. The maximum atomic E-state index is 5.30. The van der Waals surface area contributed by atoms with E-state index in [1.54, 1.807) is 7.11 Å². The minimum absolute atomic E-state index is 0.478. The lowest BCUT2D eigenvalue weighted by molar-refractivity contribution is 0.414. The first-order chi connectivity index (χ1) is 11.3. The third kappa shape index (κ3) is 3.81. The molecule has 3 aromatic rings. The molecule has 0 aliphatic heterocycles. The lowest BCUT2D eigenvalue weighted by Gasteiger charge is -2.14. The molecule has 1 unspecified atom stereocenters. The van der Waals surface area contributed by atoms with Gasteiger partial charge in [-0.15, -0.1) is 0 Å². The van der Waals surface area contributed by atoms with Gasteiger partial charge in [-0.1, -0.05) is 37.3 Å². The number of pyridine rings is 1. The minimum Gasteiger partial charge on any atom is -0.497 e. The van der Waals surface area contributed by atoms with Gasteiger partial charge in [0.05, 0.1) is 24.5 Å². The van der Waals surface area contributed by atoms with Gasteiger partial charge < -0.3 is 10.1 Å². The molecule has 3 heteroatoms. The normalized spacial score (nSPS) is 12.1. The van der Waals surface area contributed by atoms with Gasteiger partial charge in [0.1, 0.15) is 5.75 Å². The zero-order chi connectivity index (χ0) is 16.1. The summed E-state index contributed by atoms with van der Waals surface area (Å²) in [5.74, 6) is 1.40. The molecule has 0 bridgehead atoms. The summed E-state index contributed by atoms with van der Waals surface area (Å²) in [6.07, 6.45) is 2.96. The fraction of sp³-hybridized carbons (Fsp3) is 0.250. The molecule has 1 aromatic heterocycles. The summed E-state index contributed by atoms with van der Waals surface area (Å²) >= 11 is 0. The van der Waals surface area contributed by atoms with Gasteiger partial charge in [-0.05, 0) is 42.2 Å². The Bertz CT molecular complexity index is 785. The Morgan fingerprint density at radius 2 is 1.96 bits per heavy atom. The number of aromatic nitrogens is 1. The number of para-hydroxylation sites is 1. The molecule has 0 amide bonds. The van der Waals surface area contributed by atoms with Gasteiger partial charge in [-0.3, -0.25) is 4.98 Å². The molecule has 1 atom stereocenters. The summed E-state index contributed by atoms with van der Waals surface area (Å²) in [5, 5.41) is 4.64. The zero-order valence-electron chi connectivity index (χ0n) is 13.6.